The van der Waals surface area contributed by atoms with Crippen LogP contribution < -0.4 is 11.1 Å². The number of carbonyl (C=O) groups excluding carboxylic acids is 1. The van der Waals surface area contributed by atoms with E-state index in [1.165, 1.54) is 0 Å². The highest BCUT2D eigenvalue weighted by molar-refractivity contribution is 6.36. The zero-order chi connectivity index (χ0) is 10.8. The minimum atomic E-state index is -1.88. The van der Waals surface area contributed by atoms with E-state index in [0.717, 1.165) is 12.8 Å². The summed E-state index contributed by atoms with van der Waals surface area (Å²) in [6, 6.07) is -0.494. The van der Waals surface area contributed by atoms with Crippen molar-refractivity contribution in [3.05, 3.63) is 0 Å². The van der Waals surface area contributed by atoms with Gasteiger partial charge < -0.3 is 22.4 Å². The monoisotopic (exact) mass is 220 g/mol. The Balaban J connectivity index is 3.16. The van der Waals surface area contributed by atoms with Crippen molar-refractivity contribution in [3.8, 4) is 0 Å². The Labute approximate surface area is 89.1 Å². The molecule has 0 radical (unpaired) electrons. The summed E-state index contributed by atoms with van der Waals surface area (Å²) in [6.07, 6.45) is 1.67. The fourth-order valence-corrected chi connectivity index (χ4v) is 1.67. The van der Waals surface area contributed by atoms with Gasteiger partial charge in [-0.05, 0) is 12.8 Å². The molecule has 0 heterocycles. The molecule has 0 rings (SSSR count). The van der Waals surface area contributed by atoms with Gasteiger partial charge in [-0.3, -0.25) is 0 Å². The summed E-state index contributed by atoms with van der Waals surface area (Å²) in [6.45, 7) is 1.16. The van der Waals surface area contributed by atoms with Gasteiger partial charge in [-0.1, -0.05) is 0 Å². The molecule has 0 fully saturated rings. The molecule has 82 valence electrons. The molecule has 2 amide bonds. The minimum Gasteiger partial charge on any atom is -0.457 e. The normalized spacial score (nSPS) is 9.86. The Bertz CT molecular complexity index is 155. The van der Waals surface area contributed by atoms with Crippen LogP contribution in [0.15, 0.2) is 0 Å². The SMILES string of the molecule is C[O][Al]([O]C)[O]CCCCNC(N)=O. The van der Waals surface area contributed by atoms with Gasteiger partial charge in [0.25, 0.3) is 0 Å². The first-order valence-electron chi connectivity index (χ1n) is 4.41. The van der Waals surface area contributed by atoms with Crippen molar-refractivity contribution < 1.29 is 16.2 Å². The molecule has 3 N–H and O–H groups in total. The molecule has 7 heteroatoms. The highest BCUT2D eigenvalue weighted by Gasteiger charge is 2.26. The van der Waals surface area contributed by atoms with Gasteiger partial charge in [0, 0.05) is 27.4 Å². The predicted molar refractivity (Wildman–Crippen MR) is 52.5 cm³/mol. The lowest BCUT2D eigenvalue weighted by atomic mass is 10.3. The average Bonchev–Trinajstić information content (AvgIpc) is 2.16. The van der Waals surface area contributed by atoms with Crippen molar-refractivity contribution in [1.82, 2.24) is 5.32 Å². The Morgan fingerprint density at radius 3 is 2.50 bits per heavy atom. The number of hydrogen-bond acceptors (Lipinski definition) is 4. The van der Waals surface area contributed by atoms with Crippen molar-refractivity contribution in [2.24, 2.45) is 5.73 Å². The van der Waals surface area contributed by atoms with Crippen LogP contribution in [-0.2, 0) is 11.4 Å². The molecule has 0 aromatic heterocycles. The highest BCUT2D eigenvalue weighted by Crippen LogP contribution is 1.93. The number of amides is 2. The molecule has 0 saturated carbocycles. The van der Waals surface area contributed by atoms with E-state index in [1.54, 1.807) is 14.2 Å². The number of carbonyl (C=O) groups is 1. The van der Waals surface area contributed by atoms with E-state index in [9.17, 15) is 4.79 Å². The fraction of sp³-hybridized carbons (Fsp3) is 0.857. The number of nitrogens with one attached hydrogen (secondary N) is 1. The number of nitrogens with two attached hydrogens (primary N) is 1. The predicted octanol–water partition coefficient (Wildman–Crippen LogP) is -0.271. The van der Waals surface area contributed by atoms with Crippen LogP contribution in [0.3, 0.4) is 0 Å². The molecule has 0 bridgehead atoms. The molecule has 0 spiro atoms. The van der Waals surface area contributed by atoms with E-state index in [1.807, 2.05) is 0 Å². The molecule has 0 aromatic carbocycles. The number of rotatable bonds is 8. The molecule has 6 nitrogen and oxygen atoms in total. The van der Waals surface area contributed by atoms with Gasteiger partial charge in [0.15, 0.2) is 0 Å². The summed E-state index contributed by atoms with van der Waals surface area (Å²) in [5, 5.41) is 2.49. The Morgan fingerprint density at radius 2 is 2.00 bits per heavy atom. The number of hydrogen-bond donors (Lipinski definition) is 2. The maximum Gasteiger partial charge on any atom is 0.905 e. The first kappa shape index (κ1) is 13.7. The zero-order valence-corrected chi connectivity index (χ0v) is 9.77. The standard InChI is InChI=1S/C5H11N2O2.2CH3O.Al/c6-5(9)7-3-1-2-4-8;2*1-2;/h1-4H2,(H3,6,7,9);2*1H3;/q3*-1;+3. The third kappa shape index (κ3) is 8.29. The number of urea groups is 1. The average molecular weight is 220 g/mol. The van der Waals surface area contributed by atoms with Gasteiger partial charge in [0.05, 0.1) is 0 Å². The molecule has 0 aromatic rings. The maximum absolute atomic E-state index is 10.3. The molecule has 14 heavy (non-hydrogen) atoms. The van der Waals surface area contributed by atoms with Gasteiger partial charge in [-0.25, -0.2) is 4.79 Å². The van der Waals surface area contributed by atoms with Gasteiger partial charge in [0.1, 0.15) is 0 Å². The molecular formula is C7H17AlN2O4. The second-order valence-corrected chi connectivity index (χ2v) is 4.48. The number of primary amides is 1. The van der Waals surface area contributed by atoms with Crippen LogP contribution in [0.4, 0.5) is 4.79 Å². The van der Waals surface area contributed by atoms with E-state index in [-0.39, 0.29) is 0 Å². The van der Waals surface area contributed by atoms with Crippen LogP contribution in [0.5, 0.6) is 0 Å². The van der Waals surface area contributed by atoms with E-state index in [4.69, 9.17) is 17.1 Å². The van der Waals surface area contributed by atoms with E-state index in [0.29, 0.717) is 13.2 Å². The van der Waals surface area contributed by atoms with E-state index < -0.39 is 21.2 Å². The van der Waals surface area contributed by atoms with Crippen molar-refractivity contribution in [2.45, 2.75) is 12.8 Å². The minimum absolute atomic E-state index is 0.494. The molecular weight excluding hydrogens is 203 g/mol. The van der Waals surface area contributed by atoms with Crippen LogP contribution in [0, 0.1) is 0 Å². The zero-order valence-electron chi connectivity index (χ0n) is 8.62. The number of unbranched alkanes of at least 4 members (excludes halogenated alkanes) is 1. The summed E-state index contributed by atoms with van der Waals surface area (Å²) in [4.78, 5) is 10.3. The Morgan fingerprint density at radius 1 is 1.36 bits per heavy atom. The Kier molecular flexibility index (Phi) is 9.04. The largest absolute Gasteiger partial charge is 0.905 e. The Hall–Kier alpha value is -0.318. The second-order valence-electron chi connectivity index (χ2n) is 2.63. The van der Waals surface area contributed by atoms with E-state index in [2.05, 4.69) is 5.32 Å². The molecule has 0 aliphatic heterocycles. The molecule has 0 saturated heterocycles. The first-order chi connectivity index (χ1) is 6.70. The van der Waals surface area contributed by atoms with Crippen LogP contribution in [0.25, 0.3) is 0 Å². The third-order valence-corrected chi connectivity index (χ3v) is 2.79. The first-order valence-corrected chi connectivity index (χ1v) is 5.82. The molecule has 0 aliphatic carbocycles. The fourth-order valence-electron chi connectivity index (χ4n) is 0.851. The van der Waals surface area contributed by atoms with Crippen molar-refractivity contribution in [2.75, 3.05) is 27.4 Å². The topological polar surface area (TPSA) is 82.8 Å². The lowest BCUT2D eigenvalue weighted by Crippen LogP contribution is -2.30. The van der Waals surface area contributed by atoms with Crippen molar-refractivity contribution in [3.63, 3.8) is 0 Å². The second kappa shape index (κ2) is 9.25. The van der Waals surface area contributed by atoms with Crippen LogP contribution in [0.1, 0.15) is 12.8 Å². The van der Waals surface area contributed by atoms with Crippen molar-refractivity contribution in [1.29, 1.82) is 0 Å². The maximum atomic E-state index is 10.3. The summed E-state index contributed by atoms with van der Waals surface area (Å²) < 4.78 is 15.2. The smallest absolute Gasteiger partial charge is 0.457 e. The molecule has 0 aliphatic rings. The van der Waals surface area contributed by atoms with Gasteiger partial charge in [-0.2, -0.15) is 0 Å². The molecule has 0 unspecified atom stereocenters. The van der Waals surface area contributed by atoms with Crippen LogP contribution >= 0.6 is 0 Å². The van der Waals surface area contributed by atoms with Crippen molar-refractivity contribution >= 4 is 21.2 Å². The summed E-state index contributed by atoms with van der Waals surface area (Å²) >= 11 is -1.88. The highest BCUT2D eigenvalue weighted by atomic mass is 27.3. The van der Waals surface area contributed by atoms with Crippen LogP contribution in [0.2, 0.25) is 0 Å². The van der Waals surface area contributed by atoms with Gasteiger partial charge in [-0.15, -0.1) is 0 Å². The quantitative estimate of drug-likeness (QED) is 0.435. The van der Waals surface area contributed by atoms with Crippen LogP contribution in [-0.4, -0.2) is 48.6 Å². The summed E-state index contributed by atoms with van der Waals surface area (Å²) in [5.74, 6) is 0. The van der Waals surface area contributed by atoms with Gasteiger partial charge >= 0.3 is 21.2 Å². The summed E-state index contributed by atoms with van der Waals surface area (Å²) in [5.41, 5.74) is 4.88. The van der Waals surface area contributed by atoms with Gasteiger partial charge in [0.2, 0.25) is 0 Å². The lowest BCUT2D eigenvalue weighted by molar-refractivity contribution is 0.133. The third-order valence-electron chi connectivity index (χ3n) is 1.51. The lowest BCUT2D eigenvalue weighted by Gasteiger charge is -2.07. The molecule has 0 atom stereocenters. The summed E-state index contributed by atoms with van der Waals surface area (Å²) in [7, 11) is 3.13. The van der Waals surface area contributed by atoms with E-state index >= 15 is 0 Å².